The zero-order valence-corrected chi connectivity index (χ0v) is 12.0. The summed E-state index contributed by atoms with van der Waals surface area (Å²) in [6.07, 6.45) is 7.69. The zero-order chi connectivity index (χ0) is 13.5. The summed E-state index contributed by atoms with van der Waals surface area (Å²) in [5.41, 5.74) is -0.571. The molecule has 4 heteroatoms. The molecule has 0 aromatic rings. The molecule has 19 heavy (non-hydrogen) atoms. The second-order valence-corrected chi connectivity index (χ2v) is 6.44. The second kappa shape index (κ2) is 5.06. The number of carboxylic acids is 1. The molecule has 0 bridgehead atoms. The summed E-state index contributed by atoms with van der Waals surface area (Å²) in [7, 11) is 0. The van der Waals surface area contributed by atoms with Crippen molar-refractivity contribution in [2.24, 2.45) is 0 Å². The summed E-state index contributed by atoms with van der Waals surface area (Å²) in [6, 6.07) is 1.11. The number of hydrogen-bond acceptors (Lipinski definition) is 3. The largest absolute Gasteiger partial charge is 0.480 e. The lowest BCUT2D eigenvalue weighted by molar-refractivity contribution is -0.152. The van der Waals surface area contributed by atoms with Crippen LogP contribution in [0.25, 0.3) is 0 Å². The van der Waals surface area contributed by atoms with E-state index in [0.29, 0.717) is 12.1 Å². The van der Waals surface area contributed by atoms with Crippen LogP contribution >= 0.6 is 0 Å². The molecule has 0 aromatic carbocycles. The Hall–Kier alpha value is -0.610. The van der Waals surface area contributed by atoms with Crippen LogP contribution in [0.2, 0.25) is 0 Å². The van der Waals surface area contributed by atoms with E-state index < -0.39 is 11.5 Å². The molecule has 0 aliphatic carbocycles. The van der Waals surface area contributed by atoms with Crippen LogP contribution in [0, 0.1) is 0 Å². The van der Waals surface area contributed by atoms with E-state index >= 15 is 0 Å². The standard InChI is InChI=1S/C15H26N2O2/c1-2-15(14(18)19)8-5-10-17(15)13-7-11-16-9-4-3-6-12(13)16/h12-13H,2-11H2,1H3,(H,18,19). The molecular formula is C15H26N2O2. The minimum absolute atomic E-state index is 0.485. The first-order valence-electron chi connectivity index (χ1n) is 7.93. The lowest BCUT2D eigenvalue weighted by Gasteiger charge is -2.42. The van der Waals surface area contributed by atoms with Gasteiger partial charge < -0.3 is 5.11 Å². The summed E-state index contributed by atoms with van der Waals surface area (Å²) in [4.78, 5) is 16.8. The van der Waals surface area contributed by atoms with Crippen LogP contribution in [0.1, 0.15) is 51.9 Å². The number of likely N-dealkylation sites (tertiary alicyclic amines) is 1. The van der Waals surface area contributed by atoms with E-state index in [1.54, 1.807) is 0 Å². The van der Waals surface area contributed by atoms with Crippen molar-refractivity contribution < 1.29 is 9.90 Å². The minimum atomic E-state index is -0.596. The van der Waals surface area contributed by atoms with E-state index in [0.717, 1.165) is 25.8 Å². The SMILES string of the molecule is CCC1(C(=O)O)CCCN1C1CCN2CCCCC12. The number of carboxylic acid groups (broad SMARTS) is 1. The number of aliphatic carboxylic acids is 1. The molecule has 3 aliphatic rings. The summed E-state index contributed by atoms with van der Waals surface area (Å²) in [6.45, 7) is 5.42. The van der Waals surface area contributed by atoms with Crippen molar-refractivity contribution in [2.45, 2.75) is 69.5 Å². The van der Waals surface area contributed by atoms with Gasteiger partial charge in [0.25, 0.3) is 0 Å². The third kappa shape index (κ3) is 2.00. The molecule has 0 radical (unpaired) electrons. The molecule has 3 fully saturated rings. The average molecular weight is 266 g/mol. The van der Waals surface area contributed by atoms with Gasteiger partial charge in [-0.2, -0.15) is 0 Å². The maximum atomic E-state index is 11.8. The van der Waals surface area contributed by atoms with Crippen molar-refractivity contribution in [1.29, 1.82) is 0 Å². The Bertz CT molecular complexity index is 360. The van der Waals surface area contributed by atoms with Crippen molar-refractivity contribution in [3.8, 4) is 0 Å². The van der Waals surface area contributed by atoms with Crippen molar-refractivity contribution in [3.05, 3.63) is 0 Å². The van der Waals surface area contributed by atoms with Crippen molar-refractivity contribution in [2.75, 3.05) is 19.6 Å². The molecule has 3 atom stereocenters. The summed E-state index contributed by atoms with van der Waals surface area (Å²) in [5, 5.41) is 9.74. The fraction of sp³-hybridized carbons (Fsp3) is 0.933. The predicted octanol–water partition coefficient (Wildman–Crippen LogP) is 1.94. The molecule has 0 amide bonds. The molecule has 0 spiro atoms. The molecule has 0 saturated carbocycles. The first-order chi connectivity index (χ1) is 9.19. The molecule has 3 saturated heterocycles. The molecule has 4 nitrogen and oxygen atoms in total. The Labute approximate surface area is 115 Å². The molecular weight excluding hydrogens is 240 g/mol. The Morgan fingerprint density at radius 1 is 1.16 bits per heavy atom. The van der Waals surface area contributed by atoms with Crippen LogP contribution in [0.15, 0.2) is 0 Å². The number of rotatable bonds is 3. The van der Waals surface area contributed by atoms with E-state index in [-0.39, 0.29) is 0 Å². The first-order valence-corrected chi connectivity index (χ1v) is 7.93. The van der Waals surface area contributed by atoms with Gasteiger partial charge in [0.1, 0.15) is 5.54 Å². The molecule has 108 valence electrons. The number of nitrogens with zero attached hydrogens (tertiary/aromatic N) is 2. The van der Waals surface area contributed by atoms with E-state index in [1.807, 2.05) is 6.92 Å². The molecule has 0 aromatic heterocycles. The Kier molecular flexibility index (Phi) is 3.56. The van der Waals surface area contributed by atoms with E-state index in [1.165, 1.54) is 38.8 Å². The zero-order valence-electron chi connectivity index (χ0n) is 12.0. The van der Waals surface area contributed by atoms with Gasteiger partial charge in [0, 0.05) is 18.6 Å². The predicted molar refractivity (Wildman–Crippen MR) is 74.2 cm³/mol. The third-order valence-corrected chi connectivity index (χ3v) is 5.74. The van der Waals surface area contributed by atoms with Gasteiger partial charge in [0.05, 0.1) is 0 Å². The number of fused-ring (bicyclic) bond motifs is 1. The quantitative estimate of drug-likeness (QED) is 0.848. The van der Waals surface area contributed by atoms with Crippen LogP contribution in [-0.4, -0.2) is 58.1 Å². The highest BCUT2D eigenvalue weighted by atomic mass is 16.4. The highest BCUT2D eigenvalue weighted by Gasteiger charge is 2.52. The van der Waals surface area contributed by atoms with Crippen LogP contribution in [-0.2, 0) is 4.79 Å². The third-order valence-electron chi connectivity index (χ3n) is 5.74. The van der Waals surface area contributed by atoms with Crippen molar-refractivity contribution in [3.63, 3.8) is 0 Å². The number of piperidine rings is 1. The Morgan fingerprint density at radius 3 is 2.74 bits per heavy atom. The monoisotopic (exact) mass is 266 g/mol. The Balaban J connectivity index is 1.82. The summed E-state index contributed by atoms with van der Waals surface area (Å²) < 4.78 is 0. The van der Waals surface area contributed by atoms with Gasteiger partial charge in [-0.3, -0.25) is 14.6 Å². The Morgan fingerprint density at radius 2 is 2.00 bits per heavy atom. The first kappa shape index (κ1) is 13.4. The van der Waals surface area contributed by atoms with E-state index in [4.69, 9.17) is 0 Å². The highest BCUT2D eigenvalue weighted by Crippen LogP contribution is 2.40. The molecule has 3 heterocycles. The lowest BCUT2D eigenvalue weighted by atomic mass is 9.89. The van der Waals surface area contributed by atoms with Gasteiger partial charge in [-0.1, -0.05) is 13.3 Å². The van der Waals surface area contributed by atoms with Gasteiger partial charge in [-0.15, -0.1) is 0 Å². The summed E-state index contributed by atoms with van der Waals surface area (Å²) >= 11 is 0. The van der Waals surface area contributed by atoms with Crippen molar-refractivity contribution in [1.82, 2.24) is 9.80 Å². The maximum absolute atomic E-state index is 11.8. The van der Waals surface area contributed by atoms with E-state index in [9.17, 15) is 9.90 Å². The minimum Gasteiger partial charge on any atom is -0.480 e. The van der Waals surface area contributed by atoms with Crippen LogP contribution < -0.4 is 0 Å². The smallest absolute Gasteiger partial charge is 0.324 e. The topological polar surface area (TPSA) is 43.8 Å². The highest BCUT2D eigenvalue weighted by molar-refractivity contribution is 5.79. The fourth-order valence-electron chi connectivity index (χ4n) is 4.73. The average Bonchev–Trinajstić information content (AvgIpc) is 3.02. The van der Waals surface area contributed by atoms with Gasteiger partial charge in [-0.05, 0) is 51.6 Å². The van der Waals surface area contributed by atoms with Gasteiger partial charge >= 0.3 is 5.97 Å². The number of carbonyl (C=O) groups is 1. The van der Waals surface area contributed by atoms with Gasteiger partial charge in [0.15, 0.2) is 0 Å². The van der Waals surface area contributed by atoms with Crippen molar-refractivity contribution >= 4 is 5.97 Å². The number of hydrogen-bond donors (Lipinski definition) is 1. The molecule has 3 rings (SSSR count). The maximum Gasteiger partial charge on any atom is 0.324 e. The lowest BCUT2D eigenvalue weighted by Crippen LogP contribution is -2.57. The van der Waals surface area contributed by atoms with Gasteiger partial charge in [-0.25, -0.2) is 0 Å². The van der Waals surface area contributed by atoms with Gasteiger partial charge in [0.2, 0.25) is 0 Å². The normalized spacial score (nSPS) is 40.5. The molecule has 3 aliphatic heterocycles. The second-order valence-electron chi connectivity index (χ2n) is 6.44. The molecule has 3 unspecified atom stereocenters. The van der Waals surface area contributed by atoms with E-state index in [2.05, 4.69) is 9.80 Å². The fourth-order valence-corrected chi connectivity index (χ4v) is 4.73. The van der Waals surface area contributed by atoms with Crippen LogP contribution in [0.3, 0.4) is 0 Å². The van der Waals surface area contributed by atoms with Crippen LogP contribution in [0.4, 0.5) is 0 Å². The van der Waals surface area contributed by atoms with Crippen LogP contribution in [0.5, 0.6) is 0 Å². The molecule has 1 N–H and O–H groups in total. The summed E-state index contributed by atoms with van der Waals surface area (Å²) in [5.74, 6) is -0.596.